The summed E-state index contributed by atoms with van der Waals surface area (Å²) >= 11 is 5.18. The summed E-state index contributed by atoms with van der Waals surface area (Å²) in [6.07, 6.45) is -2.75. The summed E-state index contributed by atoms with van der Waals surface area (Å²) in [5.74, 6) is -0.292. The third-order valence-corrected chi connectivity index (χ3v) is 8.39. The minimum absolute atomic E-state index is 0.0638. The van der Waals surface area contributed by atoms with Crippen LogP contribution in [0.1, 0.15) is 12.6 Å². The first-order valence-corrected chi connectivity index (χ1v) is 14.6. The molecule has 220 valence electrons. The Morgan fingerprint density at radius 2 is 1.98 bits per heavy atom. The number of nitrogen functional groups attached to an aromatic ring is 1. The predicted molar refractivity (Wildman–Crippen MR) is 138 cm³/mol. The van der Waals surface area contributed by atoms with Crippen LogP contribution in [0.15, 0.2) is 28.6 Å². The van der Waals surface area contributed by atoms with E-state index in [-0.39, 0.29) is 34.7 Å². The molecule has 2 aliphatic heterocycles. The lowest BCUT2D eigenvalue weighted by molar-refractivity contribution is -0.0775. The van der Waals surface area contributed by atoms with Crippen LogP contribution in [0.2, 0.25) is 0 Å². The molecule has 0 spiro atoms. The Hall–Kier alpha value is -3.20. The van der Waals surface area contributed by atoms with Gasteiger partial charge in [0.15, 0.2) is 28.5 Å². The number of nitrogens with two attached hydrogens (primary N) is 1. The van der Waals surface area contributed by atoms with Gasteiger partial charge in [-0.25, -0.2) is 19.3 Å². The van der Waals surface area contributed by atoms with E-state index in [1.807, 2.05) is 0 Å². The first-order valence-electron chi connectivity index (χ1n) is 12.0. The van der Waals surface area contributed by atoms with Crippen molar-refractivity contribution in [1.82, 2.24) is 39.0 Å². The first-order chi connectivity index (χ1) is 19.5. The maximum absolute atomic E-state index is 15.8. The second kappa shape index (κ2) is 10.3. The van der Waals surface area contributed by atoms with Crippen LogP contribution in [0.25, 0.3) is 22.3 Å². The number of fused-ring (bicyclic) bond motifs is 2. The number of halogens is 1. The van der Waals surface area contributed by atoms with Gasteiger partial charge in [-0.2, -0.15) is 4.98 Å². The van der Waals surface area contributed by atoms with Crippen molar-refractivity contribution in [2.75, 3.05) is 25.6 Å². The standard InChI is InChI=1S/C20H23FN9O9PS/c21-14-9(2-31)36-4-20(14,30-7-26-13-16(30)27-19(22)28-18(13)34)39-40(35,41)37-3-10-8(32)1-11(38-10)29-6-25-12-15(29)23-5-24-17(12)33/h5-11,14,31-32H,1-4H2,(H,35,41)(H,23,24,33)(H3,22,27,28,34)/t8-,9+,10+,11+,14+,20+,40?/m0/s1. The summed E-state index contributed by atoms with van der Waals surface area (Å²) in [6.45, 7) is -6.15. The van der Waals surface area contributed by atoms with Crippen LogP contribution >= 0.6 is 6.72 Å². The van der Waals surface area contributed by atoms with Crippen molar-refractivity contribution in [3.05, 3.63) is 39.7 Å². The number of alkyl halides is 1. The van der Waals surface area contributed by atoms with Crippen molar-refractivity contribution in [2.24, 2.45) is 0 Å². The molecule has 0 bridgehead atoms. The van der Waals surface area contributed by atoms with Gasteiger partial charge in [0.05, 0.1) is 44.9 Å². The molecule has 0 radical (unpaired) electrons. The maximum Gasteiger partial charge on any atom is 0.326 e. The number of hydrogen-bond acceptors (Lipinski definition) is 14. The van der Waals surface area contributed by atoms with Crippen LogP contribution in [-0.4, -0.2) is 98.4 Å². The minimum atomic E-state index is -4.36. The molecule has 1 unspecified atom stereocenters. The van der Waals surface area contributed by atoms with Crippen molar-refractivity contribution in [3.63, 3.8) is 0 Å². The fourth-order valence-electron chi connectivity index (χ4n) is 4.86. The number of rotatable bonds is 8. The molecule has 41 heavy (non-hydrogen) atoms. The van der Waals surface area contributed by atoms with Gasteiger partial charge in [0, 0.05) is 6.42 Å². The molecule has 6 heterocycles. The fraction of sp³-hybridized carbons (Fsp3) is 0.500. The molecule has 7 N–H and O–H groups in total. The van der Waals surface area contributed by atoms with Gasteiger partial charge in [0.1, 0.15) is 18.4 Å². The van der Waals surface area contributed by atoms with Crippen molar-refractivity contribution in [2.45, 2.75) is 42.9 Å². The SMILES string of the molecule is Nc1nc2c(ncn2[C@@]2(OP(O)(=S)OC[C@H]3O[C@@H](n4cnc5c(=O)[nH]cnc54)C[C@@H]3O)CO[C@H](CO)[C@H]2F)c(=O)[nH]1. The highest BCUT2D eigenvalue weighted by molar-refractivity contribution is 8.07. The third kappa shape index (κ3) is 4.76. The van der Waals surface area contributed by atoms with Gasteiger partial charge in [0.25, 0.3) is 11.1 Å². The highest BCUT2D eigenvalue weighted by Gasteiger charge is 2.57. The van der Waals surface area contributed by atoms with E-state index in [1.165, 1.54) is 17.2 Å². The number of nitrogens with zero attached hydrogens (tertiary/aromatic N) is 6. The Morgan fingerprint density at radius 3 is 2.73 bits per heavy atom. The van der Waals surface area contributed by atoms with Crippen LogP contribution < -0.4 is 16.9 Å². The van der Waals surface area contributed by atoms with Crippen LogP contribution in [0.3, 0.4) is 0 Å². The Balaban J connectivity index is 1.23. The Morgan fingerprint density at radius 1 is 1.22 bits per heavy atom. The lowest BCUT2D eigenvalue weighted by Crippen LogP contribution is -2.46. The second-order valence-corrected chi connectivity index (χ2v) is 12.1. The van der Waals surface area contributed by atoms with Crippen molar-refractivity contribution < 1.29 is 38.0 Å². The number of aromatic amines is 2. The molecule has 21 heteroatoms. The van der Waals surface area contributed by atoms with E-state index in [0.29, 0.717) is 0 Å². The van der Waals surface area contributed by atoms with Gasteiger partial charge in [-0.15, -0.1) is 0 Å². The van der Waals surface area contributed by atoms with Crippen molar-refractivity contribution >= 4 is 46.8 Å². The molecule has 0 aromatic carbocycles. The monoisotopic (exact) mass is 615 g/mol. The number of ether oxygens (including phenoxy) is 2. The summed E-state index contributed by atoms with van der Waals surface area (Å²) < 4.78 is 40.7. The van der Waals surface area contributed by atoms with E-state index in [2.05, 4.69) is 29.9 Å². The Labute approximate surface area is 232 Å². The van der Waals surface area contributed by atoms with Gasteiger partial charge in [-0.3, -0.25) is 28.2 Å². The lowest BCUT2D eigenvalue weighted by Gasteiger charge is -2.34. The highest BCUT2D eigenvalue weighted by atomic mass is 32.5. The van der Waals surface area contributed by atoms with Crippen LogP contribution in [0.5, 0.6) is 0 Å². The van der Waals surface area contributed by atoms with Crippen LogP contribution in [0.4, 0.5) is 10.3 Å². The molecule has 0 saturated carbocycles. The Kier molecular flexibility index (Phi) is 6.99. The topological polar surface area (TPSA) is 251 Å². The molecule has 4 aromatic heterocycles. The molecule has 4 aromatic rings. The van der Waals surface area contributed by atoms with E-state index >= 15 is 4.39 Å². The van der Waals surface area contributed by atoms with E-state index in [4.69, 9.17) is 36.1 Å². The molecular formula is C20H23FN9O9PS. The average Bonchev–Trinajstić information content (AvgIpc) is 3.69. The normalized spacial score (nSPS) is 29.9. The highest BCUT2D eigenvalue weighted by Crippen LogP contribution is 2.53. The van der Waals surface area contributed by atoms with Crippen molar-refractivity contribution in [3.8, 4) is 0 Å². The summed E-state index contributed by atoms with van der Waals surface area (Å²) in [5.41, 5.74) is 2.17. The van der Waals surface area contributed by atoms with E-state index in [0.717, 1.165) is 10.9 Å². The summed E-state index contributed by atoms with van der Waals surface area (Å²) in [7, 11) is 0. The number of H-pyrrole nitrogens is 2. The fourth-order valence-corrected chi connectivity index (χ4v) is 6.45. The summed E-state index contributed by atoms with van der Waals surface area (Å²) in [5, 5.41) is 20.2. The van der Waals surface area contributed by atoms with Crippen molar-refractivity contribution in [1.29, 1.82) is 0 Å². The largest absolute Gasteiger partial charge is 0.394 e. The first kappa shape index (κ1) is 27.9. The van der Waals surface area contributed by atoms with Gasteiger partial charge in [-0.1, -0.05) is 0 Å². The molecule has 7 atom stereocenters. The molecule has 2 aliphatic rings. The van der Waals surface area contributed by atoms with Gasteiger partial charge in [0.2, 0.25) is 11.7 Å². The average molecular weight is 615 g/mol. The van der Waals surface area contributed by atoms with Crippen LogP contribution in [0, 0.1) is 0 Å². The molecule has 18 nitrogen and oxygen atoms in total. The Bertz CT molecular complexity index is 1780. The lowest BCUT2D eigenvalue weighted by atomic mass is 10.1. The number of aromatic nitrogens is 8. The second-order valence-electron chi connectivity index (χ2n) is 9.36. The predicted octanol–water partition coefficient (Wildman–Crippen LogP) is -1.88. The number of hydrogen-bond donors (Lipinski definition) is 6. The zero-order chi connectivity index (χ0) is 29.1. The minimum Gasteiger partial charge on any atom is -0.394 e. The molecule has 0 aliphatic carbocycles. The molecule has 2 saturated heterocycles. The molecule has 0 amide bonds. The summed E-state index contributed by atoms with van der Waals surface area (Å²) in [6, 6.07) is 0. The maximum atomic E-state index is 15.8. The van der Waals surface area contributed by atoms with Gasteiger partial charge in [-0.05, 0) is 11.8 Å². The van der Waals surface area contributed by atoms with E-state index in [1.54, 1.807) is 0 Å². The van der Waals surface area contributed by atoms with Gasteiger partial charge < -0.3 is 39.8 Å². The number of aliphatic hydroxyl groups is 2. The smallest absolute Gasteiger partial charge is 0.326 e. The number of anilines is 1. The third-order valence-electron chi connectivity index (χ3n) is 6.83. The zero-order valence-corrected chi connectivity index (χ0v) is 22.4. The number of imidazole rings is 2. The van der Waals surface area contributed by atoms with Crippen LogP contribution in [-0.2, 0) is 36.1 Å². The number of nitrogens with one attached hydrogen (secondary N) is 2. The van der Waals surface area contributed by atoms with E-state index < -0.39 is 74.1 Å². The quantitative estimate of drug-likeness (QED) is 0.119. The van der Waals surface area contributed by atoms with Gasteiger partial charge >= 0.3 is 6.72 Å². The molecule has 2 fully saturated rings. The summed E-state index contributed by atoms with van der Waals surface area (Å²) in [4.78, 5) is 56.0. The van der Waals surface area contributed by atoms with E-state index in [9.17, 15) is 24.7 Å². The molecule has 6 rings (SSSR count). The molecular weight excluding hydrogens is 592 g/mol. The zero-order valence-electron chi connectivity index (χ0n) is 20.7. The number of aliphatic hydroxyl groups excluding tert-OH is 2.